The van der Waals surface area contributed by atoms with E-state index < -0.39 is 10.5 Å². The molecule has 2 aromatic rings. The number of aromatic nitrogens is 3. The molecule has 0 bridgehead atoms. The van der Waals surface area contributed by atoms with Crippen molar-refractivity contribution in [2.75, 3.05) is 6.61 Å². The fourth-order valence-corrected chi connectivity index (χ4v) is 1.86. The predicted molar refractivity (Wildman–Crippen MR) is 85.6 cm³/mol. The Balaban J connectivity index is 2.35. The van der Waals surface area contributed by atoms with Gasteiger partial charge in [0.2, 0.25) is 4.77 Å². The molecule has 10 heteroatoms. The van der Waals surface area contributed by atoms with Gasteiger partial charge in [-0.25, -0.2) is 0 Å². The maximum Gasteiger partial charge on any atom is 0.311 e. The summed E-state index contributed by atoms with van der Waals surface area (Å²) in [5.41, 5.74) is -0.254. The van der Waals surface area contributed by atoms with Gasteiger partial charge in [0.15, 0.2) is 5.75 Å². The lowest BCUT2D eigenvalue weighted by Gasteiger charge is -2.05. The summed E-state index contributed by atoms with van der Waals surface area (Å²) in [5.74, 6) is 0.187. The van der Waals surface area contributed by atoms with Crippen LogP contribution in [-0.2, 0) is 0 Å². The number of nitrogens with one attached hydrogen (secondary N) is 1. The highest BCUT2D eigenvalue weighted by Gasteiger charge is 2.15. The van der Waals surface area contributed by atoms with Crippen LogP contribution in [0.3, 0.4) is 0 Å². The largest absolute Gasteiger partial charge is 0.487 e. The molecule has 0 aliphatic rings. The van der Waals surface area contributed by atoms with Gasteiger partial charge in [-0.3, -0.25) is 20.0 Å². The number of nitrogens with zero attached hydrogens (tertiary/aromatic N) is 4. The molecule has 0 amide bonds. The minimum atomic E-state index is -0.534. The normalized spacial score (nSPS) is 10.8. The van der Waals surface area contributed by atoms with Gasteiger partial charge < -0.3 is 4.74 Å². The fraction of sp³-hybridized carbons (Fsp3) is 0.231. The van der Waals surface area contributed by atoms with E-state index in [1.54, 1.807) is 6.07 Å². The topological polar surface area (TPSA) is 115 Å². The zero-order valence-electron chi connectivity index (χ0n) is 12.1. The Hall–Kier alpha value is -2.88. The summed E-state index contributed by atoms with van der Waals surface area (Å²) < 4.78 is 6.28. The SMILES string of the molecule is CCCOc1ccc(/C=N\n2c(=O)cn[nH]c2=S)cc1[N+](=O)[O-]. The van der Waals surface area contributed by atoms with E-state index >= 15 is 0 Å². The summed E-state index contributed by atoms with van der Waals surface area (Å²) in [7, 11) is 0. The van der Waals surface area contributed by atoms with Crippen molar-refractivity contribution in [2.24, 2.45) is 5.10 Å². The highest BCUT2D eigenvalue weighted by atomic mass is 32.1. The average Bonchev–Trinajstić information content (AvgIpc) is 2.52. The second-order valence-corrected chi connectivity index (χ2v) is 4.79. The van der Waals surface area contributed by atoms with Crippen LogP contribution in [0, 0.1) is 14.9 Å². The Morgan fingerprint density at radius 3 is 3.00 bits per heavy atom. The molecule has 1 heterocycles. The number of H-pyrrole nitrogens is 1. The van der Waals surface area contributed by atoms with Gasteiger partial charge in [-0.1, -0.05) is 6.92 Å². The lowest BCUT2D eigenvalue weighted by atomic mass is 10.2. The molecule has 1 aromatic heterocycles. The molecule has 0 aliphatic carbocycles. The Morgan fingerprint density at radius 1 is 1.57 bits per heavy atom. The highest BCUT2D eigenvalue weighted by Crippen LogP contribution is 2.27. The Kier molecular flexibility index (Phi) is 5.31. The summed E-state index contributed by atoms with van der Waals surface area (Å²) in [6.07, 6.45) is 3.06. The molecule has 2 rings (SSSR count). The summed E-state index contributed by atoms with van der Waals surface area (Å²) in [6.45, 7) is 2.29. The molecule has 0 saturated heterocycles. The van der Waals surface area contributed by atoms with Gasteiger partial charge in [-0.05, 0) is 30.8 Å². The van der Waals surface area contributed by atoms with Gasteiger partial charge in [0, 0.05) is 11.6 Å². The summed E-state index contributed by atoms with van der Waals surface area (Å²) in [4.78, 5) is 22.2. The molecule has 0 radical (unpaired) electrons. The van der Waals surface area contributed by atoms with E-state index in [0.29, 0.717) is 12.2 Å². The first-order valence-corrected chi connectivity index (χ1v) is 7.06. The molecule has 0 atom stereocenters. The zero-order chi connectivity index (χ0) is 16.8. The van der Waals surface area contributed by atoms with E-state index in [4.69, 9.17) is 17.0 Å². The van der Waals surface area contributed by atoms with Gasteiger partial charge in [0.25, 0.3) is 5.56 Å². The van der Waals surface area contributed by atoms with Crippen LogP contribution in [0.1, 0.15) is 18.9 Å². The third-order valence-electron chi connectivity index (χ3n) is 2.70. The number of rotatable bonds is 6. The number of ether oxygens (including phenoxy) is 1. The third kappa shape index (κ3) is 4.07. The third-order valence-corrected chi connectivity index (χ3v) is 2.96. The van der Waals surface area contributed by atoms with Crippen LogP contribution in [0.25, 0.3) is 0 Å². The van der Waals surface area contributed by atoms with E-state index in [1.807, 2.05) is 6.92 Å². The molecule has 1 aromatic carbocycles. The van der Waals surface area contributed by atoms with Crippen LogP contribution in [0.15, 0.2) is 34.3 Å². The van der Waals surface area contributed by atoms with Gasteiger partial charge in [0.05, 0.1) is 17.7 Å². The van der Waals surface area contributed by atoms with Crippen LogP contribution >= 0.6 is 12.2 Å². The van der Waals surface area contributed by atoms with Crippen molar-refractivity contribution in [2.45, 2.75) is 13.3 Å². The van der Waals surface area contributed by atoms with Crippen LogP contribution in [-0.4, -0.2) is 32.6 Å². The number of hydrogen-bond acceptors (Lipinski definition) is 7. The minimum absolute atomic E-state index is 0.0196. The Morgan fingerprint density at radius 2 is 2.35 bits per heavy atom. The molecule has 0 saturated carbocycles. The monoisotopic (exact) mass is 335 g/mol. The summed E-state index contributed by atoms with van der Waals surface area (Å²) in [5, 5.41) is 21.0. The first-order chi connectivity index (χ1) is 11.0. The maximum absolute atomic E-state index is 11.6. The average molecular weight is 335 g/mol. The van der Waals surface area contributed by atoms with Crippen LogP contribution < -0.4 is 10.3 Å². The fourth-order valence-electron chi connectivity index (χ4n) is 1.67. The lowest BCUT2D eigenvalue weighted by Crippen LogP contribution is -2.18. The van der Waals surface area contributed by atoms with Crippen molar-refractivity contribution < 1.29 is 9.66 Å². The van der Waals surface area contributed by atoms with Gasteiger partial charge in [-0.2, -0.15) is 14.9 Å². The second-order valence-electron chi connectivity index (χ2n) is 4.40. The summed E-state index contributed by atoms with van der Waals surface area (Å²) in [6, 6.07) is 4.40. The molecule has 0 aliphatic heterocycles. The lowest BCUT2D eigenvalue weighted by molar-refractivity contribution is -0.385. The van der Waals surface area contributed by atoms with Crippen LogP contribution in [0.4, 0.5) is 5.69 Å². The van der Waals surface area contributed by atoms with Crippen molar-refractivity contribution in [1.82, 2.24) is 14.9 Å². The zero-order valence-corrected chi connectivity index (χ0v) is 12.9. The Bertz CT molecular complexity index is 830. The summed E-state index contributed by atoms with van der Waals surface area (Å²) >= 11 is 4.89. The number of nitro groups is 1. The number of aromatic amines is 1. The highest BCUT2D eigenvalue weighted by molar-refractivity contribution is 7.71. The van der Waals surface area contributed by atoms with E-state index in [-0.39, 0.29) is 16.2 Å². The molecule has 9 nitrogen and oxygen atoms in total. The van der Waals surface area contributed by atoms with Crippen molar-refractivity contribution in [3.05, 3.63) is 55.2 Å². The van der Waals surface area contributed by atoms with Crippen molar-refractivity contribution in [1.29, 1.82) is 0 Å². The molecule has 0 unspecified atom stereocenters. The Labute approximate surface area is 135 Å². The molecule has 0 spiro atoms. The predicted octanol–water partition coefficient (Wildman–Crippen LogP) is 1.88. The van der Waals surface area contributed by atoms with E-state index in [9.17, 15) is 14.9 Å². The van der Waals surface area contributed by atoms with Gasteiger partial charge in [0.1, 0.15) is 6.20 Å². The number of benzene rings is 1. The first kappa shape index (κ1) is 16.5. The van der Waals surface area contributed by atoms with Crippen molar-refractivity contribution >= 4 is 24.1 Å². The second kappa shape index (κ2) is 7.40. The van der Waals surface area contributed by atoms with E-state index in [1.165, 1.54) is 18.3 Å². The van der Waals surface area contributed by atoms with Crippen LogP contribution in [0.5, 0.6) is 5.75 Å². The molecule has 1 N–H and O–H groups in total. The van der Waals surface area contributed by atoms with Crippen molar-refractivity contribution in [3.8, 4) is 5.75 Å². The van der Waals surface area contributed by atoms with Crippen molar-refractivity contribution in [3.63, 3.8) is 0 Å². The molecular formula is C13H13N5O4S. The molecular weight excluding hydrogens is 322 g/mol. The minimum Gasteiger partial charge on any atom is -0.487 e. The van der Waals surface area contributed by atoms with Gasteiger partial charge in [-0.15, -0.1) is 0 Å². The first-order valence-electron chi connectivity index (χ1n) is 6.65. The molecule has 0 fully saturated rings. The standard InChI is InChI=1S/C13H13N5O4S/c1-2-5-22-11-4-3-9(6-10(11)18(20)21)7-15-17-12(19)8-14-16-13(17)23/h3-4,6-8H,2,5H2,1H3,(H,16,23)/b15-7-. The number of hydrogen-bond donors (Lipinski definition) is 1. The number of nitro benzene ring substituents is 1. The maximum atomic E-state index is 11.6. The van der Waals surface area contributed by atoms with Gasteiger partial charge >= 0.3 is 5.69 Å². The quantitative estimate of drug-likeness (QED) is 0.373. The molecule has 120 valence electrons. The van der Waals surface area contributed by atoms with E-state index in [2.05, 4.69) is 15.3 Å². The molecule has 23 heavy (non-hydrogen) atoms. The van der Waals surface area contributed by atoms with Crippen LogP contribution in [0.2, 0.25) is 0 Å². The van der Waals surface area contributed by atoms with E-state index in [0.717, 1.165) is 17.3 Å². The smallest absolute Gasteiger partial charge is 0.311 e.